The molecule has 0 aliphatic rings. The fourth-order valence-corrected chi connectivity index (χ4v) is 2.13. The molecule has 0 saturated heterocycles. The average Bonchev–Trinajstić information content (AvgIpc) is 2.25. The molecule has 0 spiro atoms. The predicted molar refractivity (Wildman–Crippen MR) is 80.4 cm³/mol. The van der Waals surface area contributed by atoms with Gasteiger partial charge in [0, 0.05) is 5.41 Å². The van der Waals surface area contributed by atoms with Gasteiger partial charge in [-0.05, 0) is 13.3 Å². The molecule has 0 aromatic rings. The molecule has 0 saturated carbocycles. The Labute approximate surface area is 114 Å². The minimum Gasteiger partial charge on any atom is -0.376 e. The SMILES string of the molecule is CCCCCCCCCCCC(C)(C)C(C)(N)O. The van der Waals surface area contributed by atoms with Crippen molar-refractivity contribution in [3.05, 3.63) is 0 Å². The minimum atomic E-state index is -1.06. The molecule has 0 aliphatic carbocycles. The van der Waals surface area contributed by atoms with Crippen LogP contribution in [0.3, 0.4) is 0 Å². The van der Waals surface area contributed by atoms with E-state index in [9.17, 15) is 5.11 Å². The number of rotatable bonds is 11. The summed E-state index contributed by atoms with van der Waals surface area (Å²) in [5.41, 5.74) is 4.53. The van der Waals surface area contributed by atoms with Gasteiger partial charge < -0.3 is 10.8 Å². The molecule has 3 N–H and O–H groups in total. The summed E-state index contributed by atoms with van der Waals surface area (Å²) in [6.07, 6.45) is 13.1. The Bertz CT molecular complexity index is 194. The standard InChI is InChI=1S/C16H35NO/c1-5-6-7-8-9-10-11-12-13-14-15(2,3)16(4,17)18/h18H,5-14,17H2,1-4H3. The molecule has 0 amide bonds. The van der Waals surface area contributed by atoms with Gasteiger partial charge in [0.1, 0.15) is 5.72 Å². The fraction of sp³-hybridized carbons (Fsp3) is 1.00. The van der Waals surface area contributed by atoms with Crippen LogP contribution < -0.4 is 5.73 Å². The van der Waals surface area contributed by atoms with E-state index in [-0.39, 0.29) is 5.41 Å². The lowest BCUT2D eigenvalue weighted by molar-refractivity contribution is -0.0514. The van der Waals surface area contributed by atoms with Crippen molar-refractivity contribution in [2.75, 3.05) is 0 Å². The van der Waals surface area contributed by atoms with Gasteiger partial charge in [0.2, 0.25) is 0 Å². The number of hydrogen-bond donors (Lipinski definition) is 2. The highest BCUT2D eigenvalue weighted by Crippen LogP contribution is 2.32. The Morgan fingerprint density at radius 2 is 1.17 bits per heavy atom. The van der Waals surface area contributed by atoms with Gasteiger partial charge in [0.15, 0.2) is 0 Å². The number of aliphatic hydroxyl groups is 1. The van der Waals surface area contributed by atoms with Crippen molar-refractivity contribution >= 4 is 0 Å². The maximum atomic E-state index is 9.85. The van der Waals surface area contributed by atoms with Crippen molar-refractivity contribution in [2.45, 2.75) is 97.6 Å². The van der Waals surface area contributed by atoms with Gasteiger partial charge in [0.25, 0.3) is 0 Å². The molecule has 2 nitrogen and oxygen atoms in total. The monoisotopic (exact) mass is 257 g/mol. The molecule has 0 aromatic carbocycles. The van der Waals surface area contributed by atoms with Crippen LogP contribution in [-0.4, -0.2) is 10.8 Å². The van der Waals surface area contributed by atoms with Gasteiger partial charge in [-0.15, -0.1) is 0 Å². The van der Waals surface area contributed by atoms with E-state index < -0.39 is 5.72 Å². The van der Waals surface area contributed by atoms with Crippen LogP contribution in [0.1, 0.15) is 91.9 Å². The van der Waals surface area contributed by atoms with Gasteiger partial charge in [-0.25, -0.2) is 0 Å². The van der Waals surface area contributed by atoms with Gasteiger partial charge in [0.05, 0.1) is 0 Å². The van der Waals surface area contributed by atoms with Crippen LogP contribution in [0.4, 0.5) is 0 Å². The lowest BCUT2D eigenvalue weighted by atomic mass is 9.78. The fourth-order valence-electron chi connectivity index (χ4n) is 2.13. The first kappa shape index (κ1) is 17.9. The predicted octanol–water partition coefficient (Wildman–Crippen LogP) is 4.60. The Balaban J connectivity index is 3.41. The Kier molecular flexibility index (Phi) is 8.89. The highest BCUT2D eigenvalue weighted by Gasteiger charge is 2.34. The van der Waals surface area contributed by atoms with Gasteiger partial charge in [-0.1, -0.05) is 78.6 Å². The van der Waals surface area contributed by atoms with E-state index in [0.717, 1.165) is 6.42 Å². The second-order valence-corrected chi connectivity index (χ2v) is 6.61. The van der Waals surface area contributed by atoms with Crippen molar-refractivity contribution in [2.24, 2.45) is 11.1 Å². The summed E-state index contributed by atoms with van der Waals surface area (Å²) < 4.78 is 0. The van der Waals surface area contributed by atoms with Crippen LogP contribution in [0, 0.1) is 5.41 Å². The zero-order valence-corrected chi connectivity index (χ0v) is 13.1. The summed E-state index contributed by atoms with van der Waals surface area (Å²) in [6.45, 7) is 8.07. The van der Waals surface area contributed by atoms with Crippen LogP contribution >= 0.6 is 0 Å². The highest BCUT2D eigenvalue weighted by molar-refractivity contribution is 4.84. The molecule has 18 heavy (non-hydrogen) atoms. The van der Waals surface area contributed by atoms with Crippen LogP contribution in [0.5, 0.6) is 0 Å². The van der Waals surface area contributed by atoms with Crippen molar-refractivity contribution in [1.82, 2.24) is 0 Å². The maximum Gasteiger partial charge on any atom is 0.115 e. The second-order valence-electron chi connectivity index (χ2n) is 6.61. The number of nitrogens with two attached hydrogens (primary N) is 1. The smallest absolute Gasteiger partial charge is 0.115 e. The highest BCUT2D eigenvalue weighted by atomic mass is 16.3. The van der Waals surface area contributed by atoms with Gasteiger partial charge in [-0.2, -0.15) is 0 Å². The maximum absolute atomic E-state index is 9.85. The largest absolute Gasteiger partial charge is 0.376 e. The second kappa shape index (κ2) is 8.92. The zero-order chi connectivity index (χ0) is 14.1. The molecule has 0 aromatic heterocycles. The first-order valence-corrected chi connectivity index (χ1v) is 7.82. The van der Waals surface area contributed by atoms with E-state index in [4.69, 9.17) is 5.73 Å². The van der Waals surface area contributed by atoms with E-state index in [1.54, 1.807) is 6.92 Å². The molecule has 0 radical (unpaired) electrons. The Hall–Kier alpha value is -0.0800. The molecule has 1 atom stereocenters. The molecule has 0 heterocycles. The molecular weight excluding hydrogens is 222 g/mol. The van der Waals surface area contributed by atoms with Crippen LogP contribution in [-0.2, 0) is 0 Å². The normalized spacial score (nSPS) is 15.7. The lowest BCUT2D eigenvalue weighted by Crippen LogP contribution is -2.49. The summed E-state index contributed by atoms with van der Waals surface area (Å²) in [5, 5.41) is 9.85. The van der Waals surface area contributed by atoms with Gasteiger partial charge in [-0.3, -0.25) is 0 Å². The average molecular weight is 257 g/mol. The van der Waals surface area contributed by atoms with Crippen LogP contribution in [0.2, 0.25) is 0 Å². The Morgan fingerprint density at radius 1 is 0.778 bits per heavy atom. The number of hydrogen-bond acceptors (Lipinski definition) is 2. The van der Waals surface area contributed by atoms with Crippen molar-refractivity contribution in [3.8, 4) is 0 Å². The molecule has 110 valence electrons. The number of unbranched alkanes of at least 4 members (excludes halogenated alkanes) is 8. The quantitative estimate of drug-likeness (QED) is 0.420. The molecule has 0 bridgehead atoms. The molecule has 0 aliphatic heterocycles. The van der Waals surface area contributed by atoms with E-state index >= 15 is 0 Å². The summed E-state index contributed by atoms with van der Waals surface area (Å²) in [4.78, 5) is 0. The van der Waals surface area contributed by atoms with E-state index in [1.165, 1.54) is 57.8 Å². The first-order chi connectivity index (χ1) is 8.31. The Morgan fingerprint density at radius 3 is 1.56 bits per heavy atom. The van der Waals surface area contributed by atoms with E-state index in [2.05, 4.69) is 20.8 Å². The summed E-state index contributed by atoms with van der Waals surface area (Å²) in [6, 6.07) is 0. The molecule has 2 heteroatoms. The van der Waals surface area contributed by atoms with Crippen molar-refractivity contribution in [1.29, 1.82) is 0 Å². The van der Waals surface area contributed by atoms with E-state index in [0.29, 0.717) is 0 Å². The zero-order valence-electron chi connectivity index (χ0n) is 13.1. The first-order valence-electron chi connectivity index (χ1n) is 7.82. The van der Waals surface area contributed by atoms with Crippen LogP contribution in [0.25, 0.3) is 0 Å². The van der Waals surface area contributed by atoms with Gasteiger partial charge >= 0.3 is 0 Å². The lowest BCUT2D eigenvalue weighted by Gasteiger charge is -2.37. The summed E-state index contributed by atoms with van der Waals surface area (Å²) in [7, 11) is 0. The van der Waals surface area contributed by atoms with Crippen molar-refractivity contribution < 1.29 is 5.11 Å². The summed E-state index contributed by atoms with van der Waals surface area (Å²) >= 11 is 0. The van der Waals surface area contributed by atoms with Crippen LogP contribution in [0.15, 0.2) is 0 Å². The third kappa shape index (κ3) is 8.10. The third-order valence-corrected chi connectivity index (χ3v) is 4.28. The topological polar surface area (TPSA) is 46.2 Å². The van der Waals surface area contributed by atoms with E-state index in [1.807, 2.05) is 0 Å². The third-order valence-electron chi connectivity index (χ3n) is 4.28. The molecule has 1 unspecified atom stereocenters. The molecule has 0 rings (SSSR count). The molecule has 0 fully saturated rings. The molecular formula is C16H35NO. The summed E-state index contributed by atoms with van der Waals surface area (Å²) in [5.74, 6) is 0. The van der Waals surface area contributed by atoms with Crippen molar-refractivity contribution in [3.63, 3.8) is 0 Å². The minimum absolute atomic E-state index is 0.186.